The van der Waals surface area contributed by atoms with E-state index < -0.39 is 11.0 Å². The van der Waals surface area contributed by atoms with Crippen molar-refractivity contribution in [2.75, 3.05) is 7.05 Å². The van der Waals surface area contributed by atoms with Crippen molar-refractivity contribution in [2.45, 2.75) is 57.7 Å². The second-order valence-electron chi connectivity index (χ2n) is 5.39. The normalized spacial score (nSPS) is 25.2. The van der Waals surface area contributed by atoms with Crippen LogP contribution in [0.4, 0.5) is 0 Å². The van der Waals surface area contributed by atoms with Gasteiger partial charge in [-0.25, -0.2) is 8.51 Å². The maximum Gasteiger partial charge on any atom is 0.0997 e. The van der Waals surface area contributed by atoms with Crippen molar-refractivity contribution in [2.24, 2.45) is 0 Å². The summed E-state index contributed by atoms with van der Waals surface area (Å²) in [7, 11) is 1.10. The van der Waals surface area contributed by atoms with Gasteiger partial charge < -0.3 is 0 Å². The zero-order valence-electron chi connectivity index (χ0n) is 10.5. The fourth-order valence-electron chi connectivity index (χ4n) is 1.96. The Hall–Kier alpha value is -0.150. The van der Waals surface area contributed by atoms with Crippen LogP contribution in [-0.2, 0) is 11.0 Å². The predicted octanol–water partition coefficient (Wildman–Crippen LogP) is 2.88. The molecule has 0 radical (unpaired) electrons. The van der Waals surface area contributed by atoms with Crippen molar-refractivity contribution in [3.63, 3.8) is 0 Å². The highest BCUT2D eigenvalue weighted by atomic mass is 32.2. The van der Waals surface area contributed by atoms with E-state index >= 15 is 0 Å². The van der Waals surface area contributed by atoms with E-state index in [0.717, 1.165) is 19.3 Å². The van der Waals surface area contributed by atoms with Gasteiger partial charge in [0.1, 0.15) is 0 Å². The fraction of sp³-hybridized carbons (Fsp3) is 0.833. The van der Waals surface area contributed by atoms with Crippen LogP contribution in [0, 0.1) is 0 Å². The third-order valence-electron chi connectivity index (χ3n) is 2.85. The quantitative estimate of drug-likeness (QED) is 0.667. The zero-order chi connectivity index (χ0) is 11.6. The first-order chi connectivity index (χ1) is 6.82. The van der Waals surface area contributed by atoms with Crippen LogP contribution >= 0.6 is 0 Å². The number of allylic oxidation sites excluding steroid dienone is 1. The molecule has 0 saturated carbocycles. The lowest BCUT2D eigenvalue weighted by molar-refractivity contribution is 0.350. The van der Waals surface area contributed by atoms with Crippen LogP contribution in [0.25, 0.3) is 0 Å². The monoisotopic (exact) mass is 229 g/mol. The molecular weight excluding hydrogens is 206 g/mol. The average molecular weight is 229 g/mol. The van der Waals surface area contributed by atoms with Gasteiger partial charge in [0.2, 0.25) is 0 Å². The van der Waals surface area contributed by atoms with Gasteiger partial charge in [-0.05, 0) is 47.0 Å². The van der Waals surface area contributed by atoms with E-state index in [1.54, 1.807) is 0 Å². The molecule has 0 aromatic heterocycles. The Morgan fingerprint density at radius 2 is 2.07 bits per heavy atom. The third kappa shape index (κ3) is 3.42. The highest BCUT2D eigenvalue weighted by Crippen LogP contribution is 2.25. The Balaban J connectivity index is 2.65. The molecule has 2 atom stereocenters. The Kier molecular flexibility index (Phi) is 4.13. The van der Waals surface area contributed by atoms with E-state index in [2.05, 4.69) is 17.3 Å². The molecule has 0 N–H and O–H groups in total. The lowest BCUT2D eigenvalue weighted by Crippen LogP contribution is -2.42. The number of hydrogen-bond acceptors (Lipinski definition) is 1. The van der Waals surface area contributed by atoms with Crippen LogP contribution in [0.1, 0.15) is 47.0 Å². The van der Waals surface area contributed by atoms with Crippen molar-refractivity contribution in [3.8, 4) is 0 Å². The molecule has 2 nitrogen and oxygen atoms in total. The van der Waals surface area contributed by atoms with Crippen LogP contribution in [0.3, 0.4) is 0 Å². The van der Waals surface area contributed by atoms with Gasteiger partial charge in [0.25, 0.3) is 0 Å². The lowest BCUT2D eigenvalue weighted by atomic mass is 9.96. The van der Waals surface area contributed by atoms with Gasteiger partial charge in [-0.1, -0.05) is 11.6 Å². The molecule has 1 aliphatic carbocycles. The van der Waals surface area contributed by atoms with E-state index in [4.69, 9.17) is 0 Å². The van der Waals surface area contributed by atoms with Crippen LogP contribution in [0.5, 0.6) is 0 Å². The lowest BCUT2D eigenvalue weighted by Gasteiger charge is -2.34. The molecule has 1 rings (SSSR count). The first kappa shape index (κ1) is 12.9. The van der Waals surface area contributed by atoms with Gasteiger partial charge in [0.05, 0.1) is 15.7 Å². The molecular formula is C12H23NOS. The Morgan fingerprint density at radius 1 is 1.47 bits per heavy atom. The highest BCUT2D eigenvalue weighted by Gasteiger charge is 2.29. The highest BCUT2D eigenvalue weighted by molar-refractivity contribution is 7.84. The topological polar surface area (TPSA) is 20.3 Å². The summed E-state index contributed by atoms with van der Waals surface area (Å²) in [4.78, 5) is 0. The van der Waals surface area contributed by atoms with Gasteiger partial charge in [-0.15, -0.1) is 0 Å². The van der Waals surface area contributed by atoms with Gasteiger partial charge in [0, 0.05) is 13.1 Å². The van der Waals surface area contributed by atoms with Crippen LogP contribution < -0.4 is 0 Å². The molecule has 88 valence electrons. The molecule has 0 aliphatic heterocycles. The zero-order valence-corrected chi connectivity index (χ0v) is 11.4. The van der Waals surface area contributed by atoms with E-state index in [1.807, 2.05) is 27.8 Å². The van der Waals surface area contributed by atoms with Crippen molar-refractivity contribution in [1.82, 2.24) is 4.31 Å². The van der Waals surface area contributed by atoms with Crippen LogP contribution in [0.2, 0.25) is 0 Å². The Labute approximate surface area is 96.3 Å². The molecule has 1 aliphatic rings. The minimum atomic E-state index is -0.888. The molecule has 0 amide bonds. The van der Waals surface area contributed by atoms with Crippen molar-refractivity contribution >= 4 is 11.0 Å². The average Bonchev–Trinajstić information content (AvgIpc) is 2.14. The van der Waals surface area contributed by atoms with Gasteiger partial charge in [-0.3, -0.25) is 0 Å². The minimum absolute atomic E-state index is 0.149. The Bertz CT molecular complexity index is 278. The molecule has 0 aromatic carbocycles. The second-order valence-corrected chi connectivity index (χ2v) is 7.69. The molecule has 0 spiro atoms. The van der Waals surface area contributed by atoms with E-state index in [1.165, 1.54) is 5.57 Å². The summed E-state index contributed by atoms with van der Waals surface area (Å²) in [5, 5.41) is 0. The molecule has 15 heavy (non-hydrogen) atoms. The van der Waals surface area contributed by atoms with E-state index in [0.29, 0.717) is 6.04 Å². The first-order valence-electron chi connectivity index (χ1n) is 5.63. The van der Waals surface area contributed by atoms with Crippen LogP contribution in [-0.4, -0.2) is 26.4 Å². The van der Waals surface area contributed by atoms with E-state index in [-0.39, 0.29) is 4.75 Å². The number of rotatable bonds is 2. The summed E-state index contributed by atoms with van der Waals surface area (Å²) in [6, 6.07) is 0.454. The largest absolute Gasteiger partial charge is 0.242 e. The standard InChI is InChI=1S/C12H23NOS/c1-10-7-6-8-11(9-10)13(5)15(14)12(2,3)4/h7,11H,6,8-9H2,1-5H3/t11-,15-/m1/s1. The predicted molar refractivity (Wildman–Crippen MR) is 67.1 cm³/mol. The number of nitrogens with zero attached hydrogens (tertiary/aromatic N) is 1. The third-order valence-corrected chi connectivity index (χ3v) is 4.72. The number of hydrogen-bond donors (Lipinski definition) is 0. The van der Waals surface area contributed by atoms with Gasteiger partial charge in [-0.2, -0.15) is 0 Å². The molecule has 0 saturated heterocycles. The van der Waals surface area contributed by atoms with Crippen molar-refractivity contribution < 1.29 is 4.21 Å². The molecule has 0 unspecified atom stereocenters. The summed E-state index contributed by atoms with van der Waals surface area (Å²) >= 11 is 0. The summed E-state index contributed by atoms with van der Waals surface area (Å²) in [6.07, 6.45) is 5.63. The van der Waals surface area contributed by atoms with Gasteiger partial charge in [0.15, 0.2) is 0 Å². The summed E-state index contributed by atoms with van der Waals surface area (Å²) < 4.78 is 14.1. The van der Waals surface area contributed by atoms with E-state index in [9.17, 15) is 4.21 Å². The molecule has 0 heterocycles. The minimum Gasteiger partial charge on any atom is -0.242 e. The SMILES string of the molecule is CC1=CCC[C@@H](N(C)[S@](=O)C(C)(C)C)C1. The molecule has 3 heteroatoms. The maximum atomic E-state index is 12.2. The summed E-state index contributed by atoms with van der Waals surface area (Å²) in [5.74, 6) is 0. The summed E-state index contributed by atoms with van der Waals surface area (Å²) in [5.41, 5.74) is 1.43. The molecule has 0 fully saturated rings. The van der Waals surface area contributed by atoms with Crippen molar-refractivity contribution in [3.05, 3.63) is 11.6 Å². The molecule has 0 aromatic rings. The summed E-state index contributed by atoms with van der Waals surface area (Å²) in [6.45, 7) is 8.27. The molecule has 0 bridgehead atoms. The smallest absolute Gasteiger partial charge is 0.0997 e. The van der Waals surface area contributed by atoms with Crippen molar-refractivity contribution in [1.29, 1.82) is 0 Å². The Morgan fingerprint density at radius 3 is 2.53 bits per heavy atom. The fourth-order valence-corrected chi connectivity index (χ4v) is 3.27. The van der Waals surface area contributed by atoms with Crippen LogP contribution in [0.15, 0.2) is 11.6 Å². The first-order valence-corrected chi connectivity index (χ1v) is 6.73. The second kappa shape index (κ2) is 4.79. The maximum absolute atomic E-state index is 12.2. The van der Waals surface area contributed by atoms with Gasteiger partial charge >= 0.3 is 0 Å².